The molecule has 9 heteroatoms. The zero-order valence-corrected chi connectivity index (χ0v) is 40.6. The minimum Gasteiger partial charge on any atom is -0.333 e. The fourth-order valence-corrected chi connectivity index (χ4v) is 12.2. The Balaban J connectivity index is 0.000000204. The Morgan fingerprint density at radius 2 is 1.44 bits per heavy atom. The van der Waals surface area contributed by atoms with Gasteiger partial charge in [-0.3, -0.25) is 4.98 Å². The molecule has 0 aliphatic heterocycles. The van der Waals surface area contributed by atoms with E-state index in [1.165, 1.54) is 48.3 Å². The van der Waals surface area contributed by atoms with Crippen molar-refractivity contribution < 1.29 is 24.5 Å². The first-order chi connectivity index (χ1) is 30.1. The van der Waals surface area contributed by atoms with E-state index in [1.54, 1.807) is 11.3 Å². The molecule has 63 heavy (non-hydrogen) atoms. The van der Waals surface area contributed by atoms with Crippen LogP contribution in [0.15, 0.2) is 152 Å². The average Bonchev–Trinajstić information content (AvgIpc) is 3.98. The van der Waals surface area contributed by atoms with Crippen LogP contribution in [0.3, 0.4) is 0 Å². The number of nitrogens with zero attached hydrogens (tertiary/aromatic N) is 4. The van der Waals surface area contributed by atoms with E-state index in [-0.39, 0.29) is 25.9 Å². The molecule has 0 saturated carbocycles. The molecule has 0 atom stereocenters. The summed E-state index contributed by atoms with van der Waals surface area (Å²) in [5.41, 5.74) is 9.54. The van der Waals surface area contributed by atoms with E-state index >= 15 is 4.39 Å². The van der Waals surface area contributed by atoms with Gasteiger partial charge in [0.05, 0.1) is 40.8 Å². The Morgan fingerprint density at radius 1 is 0.683 bits per heavy atom. The summed E-state index contributed by atoms with van der Waals surface area (Å²) < 4.78 is 21.8. The van der Waals surface area contributed by atoms with E-state index in [4.69, 9.17) is 9.97 Å². The largest absolute Gasteiger partial charge is 0.333 e. The van der Waals surface area contributed by atoms with E-state index in [9.17, 15) is 0 Å². The van der Waals surface area contributed by atoms with Crippen LogP contribution in [-0.4, -0.2) is 27.6 Å². The Hall–Kier alpha value is -5.67. The maximum absolute atomic E-state index is 15.6. The van der Waals surface area contributed by atoms with Crippen molar-refractivity contribution in [2.75, 3.05) is 0 Å². The molecule has 1 radical (unpaired) electrons. The zero-order valence-electron chi connectivity index (χ0n) is 35.5. The van der Waals surface area contributed by atoms with E-state index in [2.05, 4.69) is 122 Å². The van der Waals surface area contributed by atoms with Crippen molar-refractivity contribution in [1.29, 1.82) is 0 Å². The summed E-state index contributed by atoms with van der Waals surface area (Å²) in [5, 5.41) is 4.86. The van der Waals surface area contributed by atoms with Gasteiger partial charge in [0.2, 0.25) is 0 Å². The van der Waals surface area contributed by atoms with Gasteiger partial charge in [0.1, 0.15) is 5.82 Å². The van der Waals surface area contributed by atoms with Gasteiger partial charge in [-0.05, 0) is 64.3 Å². The SMILES string of the molecule is CC(C)Cc1cc(-c2[c-]cccc2)ncc1[Si](C)(C)C.Fc1cc(-c2ccccc2)nc2c1sc1c(-c3nc4ccccc4n3-c3ccc4sc5ccccc5c4c3)[c-]ccc12.[Ir]. The standard InChI is InChI=1S/C36H19FN3S2.C18H24NSi.Ir/c37-27-20-29(21-9-2-1-3-10-21)38-33-24-12-8-13-25(34(24)42-35(27)33)36-39-28-14-5-6-15-30(28)40(36)22-17-18-32-26(19-22)23-11-4-7-16-31(23)41-32;1-14(2)11-16-12-17(15-9-7-6-8-10-15)19-13-18(16)20(3,4)5;/h1-12,14-20H;6-9,12-14H,11H2,1-5H3;/q2*-1;. The van der Waals surface area contributed by atoms with Crippen LogP contribution in [0.4, 0.5) is 4.39 Å². The van der Waals surface area contributed by atoms with Gasteiger partial charge in [0.15, 0.2) is 0 Å². The Morgan fingerprint density at radius 3 is 2.24 bits per heavy atom. The smallest absolute Gasteiger partial charge is 0.143 e. The average molecular weight is 1050 g/mol. The van der Waals surface area contributed by atoms with Gasteiger partial charge in [0, 0.05) is 63.8 Å². The summed E-state index contributed by atoms with van der Waals surface area (Å²) >= 11 is 3.22. The van der Waals surface area contributed by atoms with Crippen molar-refractivity contribution in [1.82, 2.24) is 19.5 Å². The molecule has 11 rings (SSSR count). The number of fused-ring (bicyclic) bond motifs is 7. The molecule has 5 aromatic heterocycles. The second-order valence-corrected chi connectivity index (χ2v) is 24.3. The first kappa shape index (κ1) is 42.6. The molecule has 0 unspecified atom stereocenters. The van der Waals surface area contributed by atoms with Crippen LogP contribution in [0.5, 0.6) is 0 Å². The summed E-state index contributed by atoms with van der Waals surface area (Å²) in [4.78, 5) is 14.8. The summed E-state index contributed by atoms with van der Waals surface area (Å²) in [6.07, 6.45) is 3.24. The molecule has 0 saturated heterocycles. The van der Waals surface area contributed by atoms with Crippen molar-refractivity contribution in [3.05, 3.63) is 175 Å². The Labute approximate surface area is 389 Å². The summed E-state index contributed by atoms with van der Waals surface area (Å²) in [6, 6.07) is 55.6. The fourth-order valence-electron chi connectivity index (χ4n) is 8.37. The second kappa shape index (κ2) is 17.5. The van der Waals surface area contributed by atoms with Crippen LogP contribution in [0.1, 0.15) is 19.4 Å². The number of para-hydroxylation sites is 2. The summed E-state index contributed by atoms with van der Waals surface area (Å²) in [5.74, 6) is 1.17. The molecule has 0 aliphatic rings. The molecule has 313 valence electrons. The Bertz CT molecular complexity index is 3430. The maximum atomic E-state index is 15.6. The molecule has 0 fully saturated rings. The molecule has 0 aliphatic carbocycles. The van der Waals surface area contributed by atoms with Crippen LogP contribution in [0.2, 0.25) is 19.6 Å². The third kappa shape index (κ3) is 8.21. The zero-order chi connectivity index (χ0) is 42.5. The van der Waals surface area contributed by atoms with E-state index in [0.717, 1.165) is 61.4 Å². The van der Waals surface area contributed by atoms with Crippen LogP contribution in [0, 0.1) is 23.9 Å². The van der Waals surface area contributed by atoms with Crippen molar-refractivity contribution in [2.24, 2.45) is 5.92 Å². The predicted molar refractivity (Wildman–Crippen MR) is 264 cm³/mol. The minimum atomic E-state index is -1.34. The van der Waals surface area contributed by atoms with E-state index < -0.39 is 8.07 Å². The van der Waals surface area contributed by atoms with Crippen LogP contribution < -0.4 is 5.19 Å². The summed E-state index contributed by atoms with van der Waals surface area (Å²) in [7, 11) is -1.34. The number of halogens is 1. The molecule has 0 amide bonds. The first-order valence-electron chi connectivity index (χ1n) is 21.0. The third-order valence-corrected chi connectivity index (χ3v) is 15.7. The number of rotatable bonds is 7. The molecule has 0 bridgehead atoms. The van der Waals surface area contributed by atoms with Crippen molar-refractivity contribution in [3.8, 4) is 39.6 Å². The van der Waals surface area contributed by atoms with Gasteiger partial charge in [0.25, 0.3) is 0 Å². The van der Waals surface area contributed by atoms with Gasteiger partial charge in [-0.15, -0.1) is 65.4 Å². The number of imidazole rings is 1. The van der Waals surface area contributed by atoms with Crippen molar-refractivity contribution >= 4 is 87.4 Å². The number of hydrogen-bond acceptors (Lipinski definition) is 5. The van der Waals surface area contributed by atoms with Gasteiger partial charge in [-0.25, -0.2) is 9.37 Å². The predicted octanol–water partition coefficient (Wildman–Crippen LogP) is 14.7. The quantitative estimate of drug-likeness (QED) is 0.118. The number of benzene rings is 6. The molecule has 0 N–H and O–H groups in total. The number of thiophene rings is 2. The van der Waals surface area contributed by atoms with Crippen molar-refractivity contribution in [3.63, 3.8) is 0 Å². The molecular formula is C54H43FIrN4S2Si-2. The third-order valence-electron chi connectivity index (χ3n) is 11.2. The number of hydrogen-bond donors (Lipinski definition) is 0. The van der Waals surface area contributed by atoms with Gasteiger partial charge >= 0.3 is 0 Å². The molecule has 5 heterocycles. The van der Waals surface area contributed by atoms with Crippen LogP contribution in [0.25, 0.3) is 91.1 Å². The number of aromatic nitrogens is 4. The van der Waals surface area contributed by atoms with Gasteiger partial charge in [-0.2, -0.15) is 11.3 Å². The summed E-state index contributed by atoms with van der Waals surface area (Å²) in [6.45, 7) is 11.7. The Kier molecular flexibility index (Phi) is 11.8. The topological polar surface area (TPSA) is 43.6 Å². The van der Waals surface area contributed by atoms with Gasteiger partial charge < -0.3 is 9.55 Å². The number of pyridine rings is 2. The van der Waals surface area contributed by atoms with Crippen LogP contribution in [-0.2, 0) is 26.5 Å². The van der Waals surface area contributed by atoms with E-state index in [1.807, 2.05) is 78.9 Å². The molecule has 0 spiro atoms. The first-order valence-corrected chi connectivity index (χ1v) is 26.1. The van der Waals surface area contributed by atoms with E-state index in [0.29, 0.717) is 21.8 Å². The van der Waals surface area contributed by atoms with Crippen molar-refractivity contribution in [2.45, 2.75) is 39.9 Å². The monoisotopic (exact) mass is 1050 g/mol. The maximum Gasteiger partial charge on any atom is 0.143 e. The molecular weight excluding hydrogens is 1010 g/mol. The molecule has 6 aromatic carbocycles. The molecule has 4 nitrogen and oxygen atoms in total. The fraction of sp³-hybridized carbons (Fsp3) is 0.130. The van der Waals surface area contributed by atoms with Crippen LogP contribution >= 0.6 is 22.7 Å². The normalized spacial score (nSPS) is 11.7. The van der Waals surface area contributed by atoms with Gasteiger partial charge in [-0.1, -0.05) is 117 Å². The molecule has 11 aromatic rings. The minimum absolute atomic E-state index is 0. The second-order valence-electron chi connectivity index (χ2n) is 17.1.